The molecule has 2 aromatic carbocycles. The molecular weight excluding hydrogens is 492 g/mol. The average molecular weight is 541 g/mol. The highest BCUT2D eigenvalue weighted by Gasteiger charge is 2.44. The average Bonchev–Trinajstić information content (AvgIpc) is 2.86. The summed E-state index contributed by atoms with van der Waals surface area (Å²) in [7, 11) is 0. The molecule has 39 heavy (non-hydrogen) atoms. The van der Waals surface area contributed by atoms with Gasteiger partial charge in [-0.15, -0.1) is 0 Å². The molecule has 2 aliphatic heterocycles. The lowest BCUT2D eigenvalue weighted by molar-refractivity contribution is -0.317. The highest BCUT2D eigenvalue weighted by Crippen LogP contribution is 2.37. The number of ether oxygens (including phenoxy) is 4. The smallest absolute Gasteiger partial charge is 0.160 e. The molecule has 2 N–H and O–H groups in total. The fraction of sp³-hybridized carbons (Fsp3) is 0.636. The number of hydrogen-bond acceptors (Lipinski definition) is 6. The van der Waals surface area contributed by atoms with Crippen LogP contribution in [-0.2, 0) is 42.6 Å². The molecule has 0 saturated carbocycles. The minimum Gasteiger partial charge on any atom is -0.508 e. The van der Waals surface area contributed by atoms with E-state index in [0.29, 0.717) is 37.9 Å². The molecule has 2 fully saturated rings. The molecule has 0 aromatic heterocycles. The fourth-order valence-corrected chi connectivity index (χ4v) is 5.60. The summed E-state index contributed by atoms with van der Waals surface area (Å²) in [5.41, 5.74) is 3.72. The highest BCUT2D eigenvalue weighted by atomic mass is 16.7. The van der Waals surface area contributed by atoms with Crippen molar-refractivity contribution in [3.63, 3.8) is 0 Å². The molecule has 1 spiro atoms. The van der Waals surface area contributed by atoms with Gasteiger partial charge < -0.3 is 29.2 Å². The summed E-state index contributed by atoms with van der Waals surface area (Å²) in [4.78, 5) is 0. The lowest BCUT2D eigenvalue weighted by atomic mass is 9.84. The second kappa shape index (κ2) is 11.4. The summed E-state index contributed by atoms with van der Waals surface area (Å²) >= 11 is 0. The molecule has 0 bridgehead atoms. The molecule has 6 heteroatoms. The summed E-state index contributed by atoms with van der Waals surface area (Å²) in [5, 5.41) is 20.6. The number of hydrogen-bond donors (Lipinski definition) is 2. The van der Waals surface area contributed by atoms with Crippen molar-refractivity contribution >= 4 is 0 Å². The van der Waals surface area contributed by atoms with Gasteiger partial charge in [0, 0.05) is 11.8 Å². The Morgan fingerprint density at radius 1 is 0.667 bits per heavy atom. The Labute approximate surface area is 234 Å². The molecule has 4 rings (SSSR count). The molecule has 2 heterocycles. The summed E-state index contributed by atoms with van der Waals surface area (Å²) in [5.74, 6) is 1.02. The van der Waals surface area contributed by atoms with Crippen LogP contribution in [0.1, 0.15) is 77.6 Å². The number of rotatable bonds is 6. The molecule has 6 nitrogen and oxygen atoms in total. The minimum atomic E-state index is -0.289. The van der Waals surface area contributed by atoms with Crippen LogP contribution in [0.15, 0.2) is 36.4 Å². The van der Waals surface area contributed by atoms with Gasteiger partial charge in [-0.25, -0.2) is 0 Å². The summed E-state index contributed by atoms with van der Waals surface area (Å²) < 4.78 is 24.9. The van der Waals surface area contributed by atoms with E-state index in [2.05, 4.69) is 67.5 Å². The number of phenols is 2. The van der Waals surface area contributed by atoms with Crippen LogP contribution in [0.3, 0.4) is 0 Å². The lowest BCUT2D eigenvalue weighted by Gasteiger charge is -2.45. The van der Waals surface area contributed by atoms with Crippen molar-refractivity contribution in [2.45, 2.75) is 91.6 Å². The third-order valence-corrected chi connectivity index (χ3v) is 8.00. The Hall–Kier alpha value is -2.12. The van der Waals surface area contributed by atoms with Gasteiger partial charge in [0.1, 0.15) is 11.5 Å². The van der Waals surface area contributed by atoms with Crippen molar-refractivity contribution in [1.29, 1.82) is 0 Å². The largest absolute Gasteiger partial charge is 0.508 e. The fourth-order valence-electron chi connectivity index (χ4n) is 5.60. The molecular formula is C33H48O6. The van der Waals surface area contributed by atoms with Crippen LogP contribution in [0.2, 0.25) is 0 Å². The number of aromatic hydroxyl groups is 2. The van der Waals surface area contributed by atoms with Crippen LogP contribution in [0.25, 0.3) is 0 Å². The predicted molar refractivity (Wildman–Crippen MR) is 153 cm³/mol. The molecule has 2 aromatic rings. The van der Waals surface area contributed by atoms with E-state index in [9.17, 15) is 10.2 Å². The van der Waals surface area contributed by atoms with Gasteiger partial charge in [0.05, 0.1) is 31.8 Å². The van der Waals surface area contributed by atoms with E-state index in [1.807, 2.05) is 12.1 Å². The van der Waals surface area contributed by atoms with Crippen molar-refractivity contribution < 1.29 is 29.2 Å². The third kappa shape index (κ3) is 7.15. The summed E-state index contributed by atoms with van der Waals surface area (Å²) in [6, 6.07) is 11.7. The summed E-state index contributed by atoms with van der Waals surface area (Å²) in [6.45, 7) is 19.1. The summed E-state index contributed by atoms with van der Waals surface area (Å²) in [6.07, 6.45) is 1.04. The third-order valence-electron chi connectivity index (χ3n) is 8.00. The van der Waals surface area contributed by atoms with Crippen molar-refractivity contribution in [2.24, 2.45) is 17.3 Å². The Bertz CT molecular complexity index is 1020. The van der Waals surface area contributed by atoms with Crippen LogP contribution < -0.4 is 0 Å². The van der Waals surface area contributed by atoms with Gasteiger partial charge in [0.15, 0.2) is 12.6 Å². The minimum absolute atomic E-state index is 0.122. The lowest BCUT2D eigenvalue weighted by Crippen LogP contribution is -2.54. The second-order valence-corrected chi connectivity index (χ2v) is 14.0. The van der Waals surface area contributed by atoms with E-state index in [4.69, 9.17) is 18.9 Å². The van der Waals surface area contributed by atoms with Gasteiger partial charge in [0.2, 0.25) is 0 Å². The maximum Gasteiger partial charge on any atom is 0.160 e. The normalized spacial score (nSPS) is 25.9. The monoisotopic (exact) mass is 540 g/mol. The maximum absolute atomic E-state index is 10.3. The first-order chi connectivity index (χ1) is 18.2. The van der Waals surface area contributed by atoms with Crippen molar-refractivity contribution in [1.82, 2.24) is 0 Å². The van der Waals surface area contributed by atoms with E-state index in [0.717, 1.165) is 24.0 Å². The Morgan fingerprint density at radius 3 is 1.31 bits per heavy atom. The Kier molecular flexibility index (Phi) is 8.73. The molecule has 216 valence electrons. The van der Waals surface area contributed by atoms with Crippen LogP contribution in [0, 0.1) is 17.3 Å². The van der Waals surface area contributed by atoms with Gasteiger partial charge in [-0.1, -0.05) is 79.7 Å². The van der Waals surface area contributed by atoms with Crippen molar-refractivity contribution in [3.8, 4) is 11.5 Å². The molecule has 2 aliphatic rings. The Balaban J connectivity index is 1.28. The Morgan fingerprint density at radius 2 is 1.00 bits per heavy atom. The first-order valence-corrected chi connectivity index (χ1v) is 14.3. The molecule has 2 unspecified atom stereocenters. The number of benzene rings is 2. The molecule has 0 radical (unpaired) electrons. The molecule has 0 aliphatic carbocycles. The quantitative estimate of drug-likeness (QED) is 0.437. The van der Waals surface area contributed by atoms with E-state index in [1.165, 1.54) is 11.1 Å². The van der Waals surface area contributed by atoms with E-state index >= 15 is 0 Å². The standard InChI is InChI=1S/C33H48O6/c1-21(13-23-9-11-27(34)25(15-23)31(3,4)5)29-36-17-33(18-37-29)19-38-30(39-20-33)22(2)14-24-10-12-28(35)26(16-24)32(6,7)8/h9-12,15-16,21-22,29-30,34-35H,13-14,17-20H2,1-8H3. The SMILES string of the molecule is CC(Cc1ccc(O)c(C(C)(C)C)c1)C1OCC2(CO1)COC(C(C)Cc1ccc(O)c(C(C)(C)C)c1)OC2. The van der Waals surface area contributed by atoms with Crippen LogP contribution >= 0.6 is 0 Å². The first kappa shape index (κ1) is 29.9. The van der Waals surface area contributed by atoms with E-state index < -0.39 is 0 Å². The zero-order valence-electron chi connectivity index (χ0n) is 25.0. The first-order valence-electron chi connectivity index (χ1n) is 14.3. The van der Waals surface area contributed by atoms with Crippen LogP contribution in [0.4, 0.5) is 0 Å². The van der Waals surface area contributed by atoms with Gasteiger partial charge >= 0.3 is 0 Å². The highest BCUT2D eigenvalue weighted by molar-refractivity contribution is 5.41. The van der Waals surface area contributed by atoms with Crippen LogP contribution in [0.5, 0.6) is 11.5 Å². The zero-order chi connectivity index (χ0) is 28.6. The van der Waals surface area contributed by atoms with Gasteiger partial charge in [0.25, 0.3) is 0 Å². The predicted octanol–water partition coefficient (Wildman–Crippen LogP) is 6.48. The van der Waals surface area contributed by atoms with Gasteiger partial charge in [-0.05, 0) is 58.1 Å². The molecule has 0 amide bonds. The van der Waals surface area contributed by atoms with Crippen molar-refractivity contribution in [3.05, 3.63) is 58.7 Å². The number of phenolic OH excluding ortho intramolecular Hbond substituents is 2. The maximum atomic E-state index is 10.3. The van der Waals surface area contributed by atoms with E-state index in [1.54, 1.807) is 12.1 Å². The zero-order valence-corrected chi connectivity index (χ0v) is 25.0. The van der Waals surface area contributed by atoms with Crippen molar-refractivity contribution in [2.75, 3.05) is 26.4 Å². The molecule has 2 saturated heterocycles. The van der Waals surface area contributed by atoms with E-state index in [-0.39, 0.29) is 40.7 Å². The van der Waals surface area contributed by atoms with Gasteiger partial charge in [-0.2, -0.15) is 0 Å². The second-order valence-electron chi connectivity index (χ2n) is 14.0. The van der Waals surface area contributed by atoms with Gasteiger partial charge in [-0.3, -0.25) is 0 Å². The molecule has 2 atom stereocenters. The van der Waals surface area contributed by atoms with Crippen LogP contribution in [-0.4, -0.2) is 49.2 Å². The topological polar surface area (TPSA) is 77.4 Å².